The van der Waals surface area contributed by atoms with Gasteiger partial charge < -0.3 is 28.5 Å². The topological polar surface area (TPSA) is 114 Å². The molecule has 0 heterocycles. The summed E-state index contributed by atoms with van der Waals surface area (Å²) < 4.78 is 30.3. The van der Waals surface area contributed by atoms with Crippen molar-refractivity contribution in [1.29, 1.82) is 0 Å². The van der Waals surface area contributed by atoms with Gasteiger partial charge in [0, 0.05) is 12.8 Å². The fraction of sp³-hybridized carbons (Fsp3) is 0.815. The predicted octanol–water partition coefficient (Wildman–Crippen LogP) is 18.8. The number of likely N-dealkylation sites (N-methyl/N-ethyl adjacent to an activating group) is 1. The zero-order chi connectivity index (χ0) is 55.0. The Morgan fingerprint density at radius 3 is 1.24 bits per heavy atom. The van der Waals surface area contributed by atoms with E-state index in [9.17, 15) is 19.0 Å². The molecule has 0 aliphatic rings. The first-order valence-corrected chi connectivity index (χ1v) is 33.1. The van der Waals surface area contributed by atoms with Gasteiger partial charge in [0.1, 0.15) is 19.3 Å². The zero-order valence-electron chi connectivity index (χ0n) is 50.0. The van der Waals surface area contributed by atoms with Crippen molar-refractivity contribution in [3.05, 3.63) is 60.8 Å². The number of phosphoric ester groups is 1. The molecule has 0 aromatic heterocycles. The highest BCUT2D eigenvalue weighted by atomic mass is 31.2. The molecular weight excluding hydrogens is 952 g/mol. The van der Waals surface area contributed by atoms with Crippen LogP contribution in [0.3, 0.4) is 0 Å². The number of esters is 1. The monoisotopic (exact) mass is 1070 g/mol. The van der Waals surface area contributed by atoms with Crippen LogP contribution in [0.1, 0.15) is 290 Å². The second-order valence-corrected chi connectivity index (χ2v) is 24.0. The van der Waals surface area contributed by atoms with Crippen molar-refractivity contribution in [3.63, 3.8) is 0 Å². The summed E-state index contributed by atoms with van der Waals surface area (Å²) in [5, 5.41) is 3.02. The van der Waals surface area contributed by atoms with Gasteiger partial charge in [0.25, 0.3) is 7.82 Å². The normalized spacial score (nSPS) is 14.1. The SMILES string of the molecule is CCCCC/C=C\C/C=C\C/C=C\C/C=C\CCCCCCCCCCCCCC(=O)OC(/C=C\CCCCCCCCCCC)C(COP(=O)([O-])OCC[N+](C)(C)C)NC(=O)CCCCCCCCCCCCC. The standard InChI is InChI=1S/C65H121N2O7P/c1-7-10-13-16-19-22-25-26-27-28-29-30-31-32-33-34-35-36-37-38-39-40-43-46-49-52-55-58-65(69)74-63(56-53-50-47-44-41-23-20-17-14-11-8-2)62(61-73-75(70,71)72-60-59-67(4,5)6)66-64(68)57-54-51-48-45-42-24-21-18-15-12-9-3/h19,22,26-27,29-30,32-33,53,56,62-63H,7-18,20-21,23-25,28,31,34-52,54-55,57-61H2,1-6H3,(H-,66,68,70,71)/b22-19-,27-26-,30-29-,33-32-,56-53-. The second-order valence-electron chi connectivity index (χ2n) is 22.6. The first kappa shape index (κ1) is 72.7. The number of unbranched alkanes of at least 4 members (excludes halogenated alkanes) is 33. The van der Waals surface area contributed by atoms with E-state index in [2.05, 4.69) is 74.7 Å². The van der Waals surface area contributed by atoms with Gasteiger partial charge in [-0.3, -0.25) is 14.2 Å². The van der Waals surface area contributed by atoms with Gasteiger partial charge in [-0.1, -0.05) is 262 Å². The van der Waals surface area contributed by atoms with Gasteiger partial charge in [0.2, 0.25) is 5.91 Å². The Hall–Kier alpha value is -2.29. The van der Waals surface area contributed by atoms with E-state index in [1.807, 2.05) is 33.3 Å². The number of hydrogen-bond donors (Lipinski definition) is 1. The molecule has 1 amide bonds. The van der Waals surface area contributed by atoms with E-state index >= 15 is 0 Å². The summed E-state index contributed by atoms with van der Waals surface area (Å²) in [5.74, 6) is -0.539. The van der Waals surface area contributed by atoms with Crippen LogP contribution < -0.4 is 10.2 Å². The highest BCUT2D eigenvalue weighted by Gasteiger charge is 2.27. The molecule has 9 nitrogen and oxygen atoms in total. The minimum atomic E-state index is -4.69. The molecule has 0 aromatic rings. The third-order valence-electron chi connectivity index (χ3n) is 14.0. The Kier molecular flexibility index (Phi) is 53.4. The molecule has 0 radical (unpaired) electrons. The van der Waals surface area contributed by atoms with Crippen LogP contribution in [0.2, 0.25) is 0 Å². The maximum absolute atomic E-state index is 13.5. The Labute approximate surface area is 464 Å². The maximum Gasteiger partial charge on any atom is 0.306 e. The van der Waals surface area contributed by atoms with E-state index in [1.54, 1.807) is 0 Å². The highest BCUT2D eigenvalue weighted by molar-refractivity contribution is 7.45. The molecule has 0 aromatic carbocycles. The summed E-state index contributed by atoms with van der Waals surface area (Å²) in [4.78, 5) is 39.9. The van der Waals surface area contributed by atoms with E-state index < -0.39 is 20.0 Å². The molecule has 3 unspecified atom stereocenters. The van der Waals surface area contributed by atoms with Crippen LogP contribution in [-0.2, 0) is 27.9 Å². The lowest BCUT2D eigenvalue weighted by Gasteiger charge is -2.30. The number of carbonyl (C=O) groups is 2. The Morgan fingerprint density at radius 1 is 0.467 bits per heavy atom. The van der Waals surface area contributed by atoms with Gasteiger partial charge in [-0.2, -0.15) is 0 Å². The first-order valence-electron chi connectivity index (χ1n) is 31.6. The summed E-state index contributed by atoms with van der Waals surface area (Å²) in [6.45, 7) is 6.81. The van der Waals surface area contributed by atoms with Gasteiger partial charge in [-0.25, -0.2) is 0 Å². The highest BCUT2D eigenvalue weighted by Crippen LogP contribution is 2.38. The number of allylic oxidation sites excluding steroid dienone is 9. The number of hydrogen-bond acceptors (Lipinski definition) is 7. The van der Waals surface area contributed by atoms with Gasteiger partial charge in [0.05, 0.1) is 33.8 Å². The number of ether oxygens (including phenoxy) is 1. The third-order valence-corrected chi connectivity index (χ3v) is 14.9. The Balaban J connectivity index is 5.00. The minimum Gasteiger partial charge on any atom is -0.756 e. The number of phosphoric acid groups is 1. The van der Waals surface area contributed by atoms with Crippen LogP contribution in [0, 0.1) is 0 Å². The molecule has 0 spiro atoms. The molecule has 0 bridgehead atoms. The lowest BCUT2D eigenvalue weighted by Crippen LogP contribution is -2.47. The smallest absolute Gasteiger partial charge is 0.306 e. The van der Waals surface area contributed by atoms with E-state index in [1.165, 1.54) is 180 Å². The van der Waals surface area contributed by atoms with Gasteiger partial charge in [-0.05, 0) is 76.7 Å². The molecule has 0 aliphatic carbocycles. The molecule has 3 atom stereocenters. The molecule has 0 aliphatic heterocycles. The van der Waals surface area contributed by atoms with Gasteiger partial charge in [-0.15, -0.1) is 0 Å². The number of quaternary nitrogens is 1. The molecular formula is C65H121N2O7P. The van der Waals surface area contributed by atoms with Crippen molar-refractivity contribution in [3.8, 4) is 0 Å². The van der Waals surface area contributed by atoms with Crippen LogP contribution in [0.25, 0.3) is 0 Å². The van der Waals surface area contributed by atoms with Crippen molar-refractivity contribution < 1.29 is 37.3 Å². The lowest BCUT2D eigenvalue weighted by atomic mass is 10.0. The van der Waals surface area contributed by atoms with E-state index in [4.69, 9.17) is 13.8 Å². The number of rotatable bonds is 57. The van der Waals surface area contributed by atoms with Crippen LogP contribution >= 0.6 is 7.82 Å². The fourth-order valence-corrected chi connectivity index (χ4v) is 9.76. The quantitative estimate of drug-likeness (QED) is 0.0212. The largest absolute Gasteiger partial charge is 0.756 e. The predicted molar refractivity (Wildman–Crippen MR) is 321 cm³/mol. The summed E-state index contributed by atoms with van der Waals surface area (Å²) in [6.07, 6.45) is 69.1. The Bertz CT molecular complexity index is 1470. The Morgan fingerprint density at radius 2 is 0.813 bits per heavy atom. The summed E-state index contributed by atoms with van der Waals surface area (Å²) in [7, 11) is 1.19. The van der Waals surface area contributed by atoms with Crippen molar-refractivity contribution in [2.45, 2.75) is 303 Å². The molecule has 75 heavy (non-hydrogen) atoms. The summed E-state index contributed by atoms with van der Waals surface area (Å²) >= 11 is 0. The average molecular weight is 1070 g/mol. The zero-order valence-corrected chi connectivity index (χ0v) is 50.9. The molecule has 0 saturated heterocycles. The number of carbonyl (C=O) groups excluding carboxylic acids is 2. The molecule has 0 rings (SSSR count). The molecule has 0 fully saturated rings. The maximum atomic E-state index is 13.5. The average Bonchev–Trinajstić information content (AvgIpc) is 3.37. The molecule has 438 valence electrons. The van der Waals surface area contributed by atoms with E-state index in [-0.39, 0.29) is 31.5 Å². The molecule has 0 saturated carbocycles. The van der Waals surface area contributed by atoms with E-state index in [0.29, 0.717) is 17.4 Å². The van der Waals surface area contributed by atoms with Crippen molar-refractivity contribution in [2.24, 2.45) is 0 Å². The van der Waals surface area contributed by atoms with Crippen LogP contribution in [0.5, 0.6) is 0 Å². The van der Waals surface area contributed by atoms with Crippen LogP contribution in [0.15, 0.2) is 60.8 Å². The summed E-state index contributed by atoms with van der Waals surface area (Å²) in [6, 6.07) is -0.886. The minimum absolute atomic E-state index is 0.0223. The third kappa shape index (κ3) is 56.2. The van der Waals surface area contributed by atoms with Crippen molar-refractivity contribution in [2.75, 3.05) is 40.9 Å². The lowest BCUT2D eigenvalue weighted by molar-refractivity contribution is -0.870. The first-order chi connectivity index (χ1) is 36.4. The number of nitrogens with zero attached hydrogens (tertiary/aromatic N) is 1. The van der Waals surface area contributed by atoms with Crippen LogP contribution in [-0.4, -0.2) is 69.4 Å². The summed E-state index contributed by atoms with van der Waals surface area (Å²) in [5.41, 5.74) is 0. The van der Waals surface area contributed by atoms with Crippen molar-refractivity contribution in [1.82, 2.24) is 5.32 Å². The van der Waals surface area contributed by atoms with Crippen molar-refractivity contribution >= 4 is 19.7 Å². The number of nitrogens with one attached hydrogen (secondary N) is 1. The van der Waals surface area contributed by atoms with Gasteiger partial charge >= 0.3 is 5.97 Å². The second kappa shape index (κ2) is 55.0. The number of amides is 1. The fourth-order valence-electron chi connectivity index (χ4n) is 9.04. The van der Waals surface area contributed by atoms with Gasteiger partial charge in [0.15, 0.2) is 0 Å². The molecule has 10 heteroatoms. The van der Waals surface area contributed by atoms with Crippen LogP contribution in [0.4, 0.5) is 0 Å². The van der Waals surface area contributed by atoms with E-state index in [0.717, 1.165) is 77.0 Å². The molecule has 1 N–H and O–H groups in total.